The molecule has 0 aliphatic heterocycles. The summed E-state index contributed by atoms with van der Waals surface area (Å²) in [7, 11) is -3.72. The molecule has 0 aliphatic carbocycles. The van der Waals surface area contributed by atoms with Crippen molar-refractivity contribution in [2.75, 3.05) is 0 Å². The predicted molar refractivity (Wildman–Crippen MR) is 68.7 cm³/mol. The van der Waals surface area contributed by atoms with E-state index in [1.807, 2.05) is 0 Å². The van der Waals surface area contributed by atoms with E-state index >= 15 is 0 Å². The summed E-state index contributed by atoms with van der Waals surface area (Å²) in [6, 6.07) is 12.1. The minimum absolute atomic E-state index is 0.0730. The van der Waals surface area contributed by atoms with E-state index in [0.29, 0.717) is 6.29 Å². The maximum absolute atomic E-state index is 12.3. The van der Waals surface area contributed by atoms with E-state index in [1.54, 1.807) is 18.2 Å². The Labute approximate surface area is 110 Å². The SMILES string of the molecule is O=Cc1ccc(Cl)cc1S(=O)(=O)c1ccccc1. The van der Waals surface area contributed by atoms with Gasteiger partial charge in [-0.05, 0) is 30.3 Å². The van der Waals surface area contributed by atoms with E-state index in [4.69, 9.17) is 11.6 Å². The summed E-state index contributed by atoms with van der Waals surface area (Å²) in [6.45, 7) is 0. The third kappa shape index (κ3) is 2.30. The van der Waals surface area contributed by atoms with Crippen LogP contribution in [0.5, 0.6) is 0 Å². The smallest absolute Gasteiger partial charge is 0.207 e. The van der Waals surface area contributed by atoms with Crippen molar-refractivity contribution in [1.82, 2.24) is 0 Å². The molecule has 0 saturated carbocycles. The zero-order chi connectivity index (χ0) is 13.2. The Kier molecular flexibility index (Phi) is 3.50. The van der Waals surface area contributed by atoms with E-state index in [0.717, 1.165) is 0 Å². The molecule has 0 aliphatic rings. The fraction of sp³-hybridized carbons (Fsp3) is 0. The molecule has 0 N–H and O–H groups in total. The first-order chi connectivity index (χ1) is 8.55. The molecule has 0 fully saturated rings. The van der Waals surface area contributed by atoms with Crippen LogP contribution < -0.4 is 0 Å². The van der Waals surface area contributed by atoms with E-state index in [9.17, 15) is 13.2 Å². The zero-order valence-electron chi connectivity index (χ0n) is 9.21. The summed E-state index contributed by atoms with van der Waals surface area (Å²) >= 11 is 5.79. The minimum Gasteiger partial charge on any atom is -0.298 e. The molecule has 0 amide bonds. The highest BCUT2D eigenvalue weighted by Gasteiger charge is 2.21. The topological polar surface area (TPSA) is 51.2 Å². The van der Waals surface area contributed by atoms with Crippen molar-refractivity contribution in [2.45, 2.75) is 9.79 Å². The lowest BCUT2D eigenvalue weighted by atomic mass is 10.2. The van der Waals surface area contributed by atoms with Gasteiger partial charge in [-0.15, -0.1) is 0 Å². The van der Waals surface area contributed by atoms with Gasteiger partial charge in [-0.25, -0.2) is 8.42 Å². The van der Waals surface area contributed by atoms with Crippen molar-refractivity contribution in [2.24, 2.45) is 0 Å². The molecule has 2 rings (SSSR count). The Morgan fingerprint density at radius 2 is 1.67 bits per heavy atom. The number of carbonyl (C=O) groups is 1. The fourth-order valence-corrected chi connectivity index (χ4v) is 3.28. The molecule has 0 aromatic heterocycles. The predicted octanol–water partition coefficient (Wildman–Crippen LogP) is 2.99. The van der Waals surface area contributed by atoms with Gasteiger partial charge in [0.2, 0.25) is 9.84 Å². The summed E-state index contributed by atoms with van der Waals surface area (Å²) in [5, 5.41) is 0.273. The summed E-state index contributed by atoms with van der Waals surface area (Å²) < 4.78 is 24.7. The molecular formula is C13H9ClO3S. The molecule has 2 aromatic carbocycles. The van der Waals surface area contributed by atoms with Gasteiger partial charge in [0.25, 0.3) is 0 Å². The first-order valence-corrected chi connectivity index (χ1v) is 6.96. The molecule has 5 heteroatoms. The van der Waals surface area contributed by atoms with Gasteiger partial charge in [0.05, 0.1) is 9.79 Å². The summed E-state index contributed by atoms with van der Waals surface area (Å²) in [6.07, 6.45) is 0.506. The molecule has 0 bridgehead atoms. The van der Waals surface area contributed by atoms with Gasteiger partial charge in [0.15, 0.2) is 6.29 Å². The summed E-state index contributed by atoms with van der Waals surface area (Å²) in [5.74, 6) is 0. The van der Waals surface area contributed by atoms with Gasteiger partial charge in [0, 0.05) is 10.6 Å². The molecule has 0 heterocycles. The Hall–Kier alpha value is -1.65. The minimum atomic E-state index is -3.72. The number of hydrogen-bond acceptors (Lipinski definition) is 3. The average Bonchev–Trinajstić information content (AvgIpc) is 2.39. The molecule has 0 unspecified atom stereocenters. The second-order valence-electron chi connectivity index (χ2n) is 3.62. The van der Waals surface area contributed by atoms with Crippen LogP contribution in [-0.4, -0.2) is 14.7 Å². The summed E-state index contributed by atoms with van der Waals surface area (Å²) in [4.78, 5) is 11.0. The van der Waals surface area contributed by atoms with Crippen LogP contribution in [0.4, 0.5) is 0 Å². The number of benzene rings is 2. The number of hydrogen-bond donors (Lipinski definition) is 0. The largest absolute Gasteiger partial charge is 0.298 e. The number of sulfone groups is 1. The number of aldehydes is 1. The lowest BCUT2D eigenvalue weighted by Crippen LogP contribution is -2.05. The lowest BCUT2D eigenvalue weighted by molar-refractivity contribution is 0.112. The van der Waals surface area contributed by atoms with E-state index in [2.05, 4.69) is 0 Å². The van der Waals surface area contributed by atoms with Gasteiger partial charge >= 0.3 is 0 Å². The molecule has 0 spiro atoms. The average molecular weight is 281 g/mol. The first kappa shape index (κ1) is 12.8. The summed E-state index contributed by atoms with van der Waals surface area (Å²) in [5.41, 5.74) is 0.100. The molecule has 18 heavy (non-hydrogen) atoms. The van der Waals surface area contributed by atoms with Crippen LogP contribution in [0.2, 0.25) is 5.02 Å². The number of rotatable bonds is 3. The van der Waals surface area contributed by atoms with Crippen molar-refractivity contribution in [1.29, 1.82) is 0 Å². The fourth-order valence-electron chi connectivity index (χ4n) is 1.56. The molecule has 92 valence electrons. The molecular weight excluding hydrogens is 272 g/mol. The molecule has 0 atom stereocenters. The molecule has 3 nitrogen and oxygen atoms in total. The molecule has 0 saturated heterocycles. The highest BCUT2D eigenvalue weighted by Crippen LogP contribution is 2.25. The van der Waals surface area contributed by atoms with Gasteiger partial charge in [0.1, 0.15) is 0 Å². The van der Waals surface area contributed by atoms with Crippen molar-refractivity contribution >= 4 is 27.7 Å². The third-order valence-electron chi connectivity index (χ3n) is 2.45. The van der Waals surface area contributed by atoms with Crippen LogP contribution in [0, 0.1) is 0 Å². The second-order valence-corrected chi connectivity index (χ2v) is 5.97. The van der Waals surface area contributed by atoms with Crippen LogP contribution >= 0.6 is 11.6 Å². The van der Waals surface area contributed by atoms with Crippen molar-refractivity contribution in [3.8, 4) is 0 Å². The van der Waals surface area contributed by atoms with E-state index < -0.39 is 9.84 Å². The third-order valence-corrected chi connectivity index (χ3v) is 4.51. The molecule has 2 aromatic rings. The lowest BCUT2D eigenvalue weighted by Gasteiger charge is -2.07. The van der Waals surface area contributed by atoms with Crippen LogP contribution in [0.15, 0.2) is 58.3 Å². The highest BCUT2D eigenvalue weighted by atomic mass is 35.5. The Morgan fingerprint density at radius 1 is 1.00 bits per heavy atom. The van der Waals surface area contributed by atoms with Gasteiger partial charge in [-0.1, -0.05) is 29.8 Å². The van der Waals surface area contributed by atoms with Gasteiger partial charge in [-0.3, -0.25) is 4.79 Å². The van der Waals surface area contributed by atoms with Gasteiger partial charge in [-0.2, -0.15) is 0 Å². The zero-order valence-corrected chi connectivity index (χ0v) is 10.8. The second kappa shape index (κ2) is 4.92. The number of carbonyl (C=O) groups excluding carboxylic acids is 1. The van der Waals surface area contributed by atoms with Crippen molar-refractivity contribution in [3.05, 3.63) is 59.1 Å². The normalized spacial score (nSPS) is 11.2. The number of halogens is 1. The Morgan fingerprint density at radius 3 is 2.28 bits per heavy atom. The Bertz CT molecular complexity index is 679. The standard InChI is InChI=1S/C13H9ClO3S/c14-11-7-6-10(9-15)13(8-11)18(16,17)12-4-2-1-3-5-12/h1-9H. The van der Waals surface area contributed by atoms with Crippen molar-refractivity contribution in [3.63, 3.8) is 0 Å². The van der Waals surface area contributed by atoms with Crippen molar-refractivity contribution < 1.29 is 13.2 Å². The Balaban J connectivity index is 2.68. The van der Waals surface area contributed by atoms with E-state index in [-0.39, 0.29) is 20.4 Å². The monoisotopic (exact) mass is 280 g/mol. The van der Waals surface area contributed by atoms with Gasteiger partial charge < -0.3 is 0 Å². The maximum atomic E-state index is 12.3. The maximum Gasteiger partial charge on any atom is 0.207 e. The first-order valence-electron chi connectivity index (χ1n) is 5.10. The van der Waals surface area contributed by atoms with E-state index in [1.165, 1.54) is 30.3 Å². The highest BCUT2D eigenvalue weighted by molar-refractivity contribution is 7.91. The van der Waals surface area contributed by atoms with Crippen LogP contribution in [0.25, 0.3) is 0 Å². The van der Waals surface area contributed by atoms with Crippen LogP contribution in [0.1, 0.15) is 10.4 Å². The van der Waals surface area contributed by atoms with Crippen LogP contribution in [0.3, 0.4) is 0 Å². The van der Waals surface area contributed by atoms with Crippen LogP contribution in [-0.2, 0) is 9.84 Å². The quantitative estimate of drug-likeness (QED) is 0.812. The molecule has 0 radical (unpaired) electrons.